The van der Waals surface area contributed by atoms with Gasteiger partial charge in [0.2, 0.25) is 0 Å². The molecule has 1 aliphatic heterocycles. The predicted octanol–water partition coefficient (Wildman–Crippen LogP) is 3.48. The van der Waals surface area contributed by atoms with Gasteiger partial charge in [-0.05, 0) is 36.8 Å². The number of hydrogen-bond acceptors (Lipinski definition) is 10. The van der Waals surface area contributed by atoms with Crippen LogP contribution >= 0.6 is 0 Å². The number of esters is 4. The average Bonchev–Trinajstić information content (AvgIpc) is 2.83. The molecule has 0 spiro atoms. The number of carbonyl (C=O) groups excluding carboxylic acids is 4. The van der Waals surface area contributed by atoms with Crippen LogP contribution in [0.1, 0.15) is 71.9 Å². The summed E-state index contributed by atoms with van der Waals surface area (Å²) in [4.78, 5) is 48.6. The van der Waals surface area contributed by atoms with Crippen molar-refractivity contribution in [2.24, 2.45) is 5.92 Å². The molecule has 1 saturated heterocycles. The Bertz CT molecular complexity index is 941. The van der Waals surface area contributed by atoms with Gasteiger partial charge in [0.15, 0.2) is 24.6 Å². The maximum Gasteiger partial charge on any atom is 0.313 e. The van der Waals surface area contributed by atoms with Crippen molar-refractivity contribution in [2.45, 2.75) is 97.9 Å². The minimum atomic E-state index is -1.24. The predicted molar refractivity (Wildman–Crippen MR) is 136 cm³/mol. The van der Waals surface area contributed by atoms with Crippen LogP contribution in [0.5, 0.6) is 0 Å². The van der Waals surface area contributed by atoms with Gasteiger partial charge < -0.3 is 28.4 Å². The first-order chi connectivity index (χ1) is 17.9. The molecule has 1 aliphatic rings. The fourth-order valence-electron chi connectivity index (χ4n) is 4.20. The standard InChI is InChI=1S/C28H40O10/c1-8-13-33-28-26(37-20(7)31)25(36-19(6)30)24(35-18(5)29)23(38-28)15-34-27(32)17(4)22-11-9-21(10-12-22)14-16(2)3/h9-12,16-17,23-26,28H,8,13-15H2,1-7H3/t17-,23-,24-,25+,26-,28?/m1/s1. The van der Waals surface area contributed by atoms with Gasteiger partial charge in [-0.15, -0.1) is 0 Å². The highest BCUT2D eigenvalue weighted by molar-refractivity contribution is 5.77. The highest BCUT2D eigenvalue weighted by Crippen LogP contribution is 2.30. The largest absolute Gasteiger partial charge is 0.462 e. The fourth-order valence-corrected chi connectivity index (χ4v) is 4.20. The van der Waals surface area contributed by atoms with Gasteiger partial charge in [-0.3, -0.25) is 19.2 Å². The molecule has 0 radical (unpaired) electrons. The smallest absolute Gasteiger partial charge is 0.313 e. The molecule has 38 heavy (non-hydrogen) atoms. The summed E-state index contributed by atoms with van der Waals surface area (Å²) in [5.74, 6) is -2.60. The third kappa shape index (κ3) is 9.40. The highest BCUT2D eigenvalue weighted by atomic mass is 16.7. The Morgan fingerprint density at radius 3 is 1.92 bits per heavy atom. The van der Waals surface area contributed by atoms with E-state index in [-0.39, 0.29) is 13.2 Å². The Hall–Kier alpha value is -2.98. The van der Waals surface area contributed by atoms with Crippen molar-refractivity contribution in [1.29, 1.82) is 0 Å². The Morgan fingerprint density at radius 2 is 1.39 bits per heavy atom. The number of benzene rings is 1. The zero-order valence-electron chi connectivity index (χ0n) is 23.3. The van der Waals surface area contributed by atoms with Crippen molar-refractivity contribution in [2.75, 3.05) is 13.2 Å². The second-order valence-electron chi connectivity index (χ2n) is 9.83. The van der Waals surface area contributed by atoms with Crippen LogP contribution in [0.2, 0.25) is 0 Å². The van der Waals surface area contributed by atoms with Crippen LogP contribution in [-0.2, 0) is 54.0 Å². The molecule has 1 unspecified atom stereocenters. The van der Waals surface area contributed by atoms with Crippen LogP contribution in [0.25, 0.3) is 0 Å². The first-order valence-corrected chi connectivity index (χ1v) is 13.0. The number of carbonyl (C=O) groups is 4. The summed E-state index contributed by atoms with van der Waals surface area (Å²) in [6.45, 7) is 11.4. The molecule has 0 saturated carbocycles. The van der Waals surface area contributed by atoms with Crippen LogP contribution in [0.15, 0.2) is 24.3 Å². The van der Waals surface area contributed by atoms with Crippen LogP contribution in [0.4, 0.5) is 0 Å². The van der Waals surface area contributed by atoms with Crippen molar-refractivity contribution in [1.82, 2.24) is 0 Å². The zero-order valence-corrected chi connectivity index (χ0v) is 23.3. The normalized spacial score (nSPS) is 23.8. The van der Waals surface area contributed by atoms with Crippen molar-refractivity contribution < 1.29 is 47.6 Å². The molecule has 1 fully saturated rings. The molecule has 1 aromatic rings. The Labute approximate surface area is 224 Å². The quantitative estimate of drug-likeness (QED) is 0.290. The molecular weight excluding hydrogens is 496 g/mol. The van der Waals surface area contributed by atoms with E-state index < -0.39 is 60.5 Å². The van der Waals surface area contributed by atoms with Gasteiger partial charge >= 0.3 is 23.9 Å². The molecule has 10 nitrogen and oxygen atoms in total. The van der Waals surface area contributed by atoms with Crippen molar-refractivity contribution in [3.05, 3.63) is 35.4 Å². The molecule has 0 N–H and O–H groups in total. The van der Waals surface area contributed by atoms with E-state index in [1.54, 1.807) is 6.92 Å². The second kappa shape index (κ2) is 14.8. The number of hydrogen-bond donors (Lipinski definition) is 0. The van der Waals surface area contributed by atoms with Gasteiger partial charge in [0.1, 0.15) is 12.7 Å². The lowest BCUT2D eigenvalue weighted by molar-refractivity contribution is -0.308. The van der Waals surface area contributed by atoms with E-state index in [0.717, 1.165) is 12.0 Å². The van der Waals surface area contributed by atoms with Crippen molar-refractivity contribution >= 4 is 23.9 Å². The van der Waals surface area contributed by atoms with Crippen molar-refractivity contribution in [3.8, 4) is 0 Å². The lowest BCUT2D eigenvalue weighted by Crippen LogP contribution is -2.63. The fraction of sp³-hybridized carbons (Fsp3) is 0.643. The third-order valence-electron chi connectivity index (χ3n) is 5.85. The van der Waals surface area contributed by atoms with E-state index in [4.69, 9.17) is 28.4 Å². The monoisotopic (exact) mass is 536 g/mol. The molecule has 10 heteroatoms. The average molecular weight is 537 g/mol. The number of ether oxygens (including phenoxy) is 6. The summed E-state index contributed by atoms with van der Waals surface area (Å²) in [6.07, 6.45) is -4.31. The summed E-state index contributed by atoms with van der Waals surface area (Å²) >= 11 is 0. The maximum absolute atomic E-state index is 12.9. The molecule has 0 amide bonds. The minimum Gasteiger partial charge on any atom is -0.462 e. The van der Waals surface area contributed by atoms with Gasteiger partial charge in [-0.1, -0.05) is 45.0 Å². The van der Waals surface area contributed by atoms with Crippen LogP contribution < -0.4 is 0 Å². The van der Waals surface area contributed by atoms with Gasteiger partial charge in [-0.2, -0.15) is 0 Å². The van der Waals surface area contributed by atoms with E-state index in [0.29, 0.717) is 12.3 Å². The Morgan fingerprint density at radius 1 is 0.842 bits per heavy atom. The Kier molecular flexibility index (Phi) is 12.2. The SMILES string of the molecule is CCCOC1O[C@H](COC(=O)[C@H](C)c2ccc(CC(C)C)cc2)[C@@H](OC(C)=O)[C@H](OC(C)=O)[C@H]1OC(C)=O. The molecule has 2 rings (SSSR count). The number of rotatable bonds is 12. The van der Waals surface area contributed by atoms with Gasteiger partial charge in [0.25, 0.3) is 0 Å². The zero-order chi connectivity index (χ0) is 28.4. The van der Waals surface area contributed by atoms with Crippen LogP contribution in [-0.4, -0.2) is 67.8 Å². The maximum atomic E-state index is 12.9. The van der Waals surface area contributed by atoms with E-state index >= 15 is 0 Å². The summed E-state index contributed by atoms with van der Waals surface area (Å²) in [6, 6.07) is 7.79. The molecule has 0 bridgehead atoms. The molecule has 1 aromatic carbocycles. The van der Waals surface area contributed by atoms with E-state index in [1.165, 1.54) is 26.3 Å². The van der Waals surface area contributed by atoms with Gasteiger partial charge in [-0.25, -0.2) is 0 Å². The minimum absolute atomic E-state index is 0.254. The lowest BCUT2D eigenvalue weighted by atomic mass is 9.96. The molecule has 0 aliphatic carbocycles. The van der Waals surface area contributed by atoms with E-state index in [1.807, 2.05) is 31.2 Å². The third-order valence-corrected chi connectivity index (χ3v) is 5.85. The van der Waals surface area contributed by atoms with Gasteiger partial charge in [0, 0.05) is 27.4 Å². The lowest BCUT2D eigenvalue weighted by Gasteiger charge is -2.44. The van der Waals surface area contributed by atoms with Crippen molar-refractivity contribution in [3.63, 3.8) is 0 Å². The first-order valence-electron chi connectivity index (χ1n) is 13.0. The van der Waals surface area contributed by atoms with Gasteiger partial charge in [0.05, 0.1) is 5.92 Å². The summed E-state index contributed by atoms with van der Waals surface area (Å²) < 4.78 is 33.5. The first kappa shape index (κ1) is 31.2. The topological polar surface area (TPSA) is 124 Å². The Balaban J connectivity index is 2.24. The van der Waals surface area contributed by atoms with Crippen LogP contribution in [0.3, 0.4) is 0 Å². The highest BCUT2D eigenvalue weighted by Gasteiger charge is 2.52. The molecule has 6 atom stereocenters. The second-order valence-corrected chi connectivity index (χ2v) is 9.83. The molecule has 212 valence electrons. The van der Waals surface area contributed by atoms with Crippen LogP contribution in [0, 0.1) is 5.92 Å². The molecular formula is C28H40O10. The summed E-state index contributed by atoms with van der Waals surface area (Å²) in [5, 5.41) is 0. The van der Waals surface area contributed by atoms with E-state index in [2.05, 4.69) is 13.8 Å². The van der Waals surface area contributed by atoms with E-state index in [9.17, 15) is 19.2 Å². The molecule has 1 heterocycles. The summed E-state index contributed by atoms with van der Waals surface area (Å²) in [7, 11) is 0. The summed E-state index contributed by atoms with van der Waals surface area (Å²) in [5.41, 5.74) is 1.97. The molecule has 0 aromatic heterocycles.